The number of hydrogen-bond acceptors (Lipinski definition) is 5. The zero-order chi connectivity index (χ0) is 19.0. The van der Waals surface area contributed by atoms with E-state index in [1.807, 2.05) is 23.6 Å². The smallest absolute Gasteiger partial charge is 0.264 e. The normalized spacial score (nSPS) is 18.6. The molecule has 0 saturated heterocycles. The number of anilines is 1. The maximum atomic E-state index is 13.2. The molecule has 1 aliphatic heterocycles. The van der Waals surface area contributed by atoms with Gasteiger partial charge in [-0.3, -0.25) is 14.6 Å². The Morgan fingerprint density at radius 1 is 1.26 bits per heavy atom. The highest BCUT2D eigenvalue weighted by molar-refractivity contribution is 9.10. The van der Waals surface area contributed by atoms with Crippen LogP contribution in [0.15, 0.2) is 64.7 Å². The van der Waals surface area contributed by atoms with Gasteiger partial charge in [-0.2, -0.15) is 0 Å². The van der Waals surface area contributed by atoms with Crippen LogP contribution in [0.3, 0.4) is 0 Å². The lowest BCUT2D eigenvalue weighted by Gasteiger charge is -2.22. The van der Waals surface area contributed by atoms with Crippen molar-refractivity contribution in [3.05, 3.63) is 80.7 Å². The van der Waals surface area contributed by atoms with Gasteiger partial charge in [0.2, 0.25) is 0 Å². The number of carbonyl (C=O) groups excluding carboxylic acids is 2. The number of benzene rings is 1. The Morgan fingerprint density at radius 3 is 2.81 bits per heavy atom. The Labute approximate surface area is 168 Å². The predicted molar refractivity (Wildman–Crippen MR) is 107 cm³/mol. The molecule has 5 nitrogen and oxygen atoms in total. The molecule has 1 amide bonds. The number of amides is 1. The number of Topliss-reactive ketones (excluding diaryl/α,β-unsaturated/α-hetero) is 1. The SMILES string of the molecule is O=C(C[C@@]1(O)C(=O)N(Cc2cccs2)c2ccc(Br)cc21)c1cccnc1. The van der Waals surface area contributed by atoms with Crippen LogP contribution in [0.2, 0.25) is 0 Å². The summed E-state index contributed by atoms with van der Waals surface area (Å²) in [4.78, 5) is 32.4. The first-order chi connectivity index (χ1) is 13.0. The second-order valence-electron chi connectivity index (χ2n) is 6.33. The summed E-state index contributed by atoms with van der Waals surface area (Å²) in [5, 5.41) is 13.3. The average Bonchev–Trinajstić information content (AvgIpc) is 3.25. The van der Waals surface area contributed by atoms with Crippen LogP contribution in [-0.4, -0.2) is 21.8 Å². The van der Waals surface area contributed by atoms with Crippen molar-refractivity contribution < 1.29 is 14.7 Å². The van der Waals surface area contributed by atoms with E-state index in [4.69, 9.17) is 0 Å². The highest BCUT2D eigenvalue weighted by atomic mass is 79.9. The fraction of sp³-hybridized carbons (Fsp3) is 0.150. The van der Waals surface area contributed by atoms with Crippen molar-refractivity contribution in [2.75, 3.05) is 4.90 Å². The van der Waals surface area contributed by atoms with E-state index in [-0.39, 0.29) is 12.2 Å². The molecule has 1 N–H and O–H groups in total. The van der Waals surface area contributed by atoms with E-state index < -0.39 is 11.5 Å². The molecule has 27 heavy (non-hydrogen) atoms. The average molecular weight is 443 g/mol. The van der Waals surface area contributed by atoms with Crippen molar-refractivity contribution in [3.8, 4) is 0 Å². The third-order valence-corrected chi connectivity index (χ3v) is 5.94. The van der Waals surface area contributed by atoms with Crippen LogP contribution in [0.25, 0.3) is 0 Å². The van der Waals surface area contributed by atoms with E-state index in [9.17, 15) is 14.7 Å². The van der Waals surface area contributed by atoms with Gasteiger partial charge in [0.05, 0.1) is 18.7 Å². The predicted octanol–water partition coefficient (Wildman–Crippen LogP) is 3.91. The number of ketones is 1. The van der Waals surface area contributed by atoms with Crippen LogP contribution in [-0.2, 0) is 16.9 Å². The quantitative estimate of drug-likeness (QED) is 0.607. The lowest BCUT2D eigenvalue weighted by molar-refractivity contribution is -0.136. The molecule has 0 aliphatic carbocycles. The summed E-state index contributed by atoms with van der Waals surface area (Å²) >= 11 is 4.93. The molecule has 3 heterocycles. The Kier molecular flexibility index (Phi) is 4.67. The van der Waals surface area contributed by atoms with Gasteiger partial charge < -0.3 is 10.0 Å². The summed E-state index contributed by atoms with van der Waals surface area (Å²) in [6.07, 6.45) is 2.68. The maximum absolute atomic E-state index is 13.2. The number of aliphatic hydroxyl groups is 1. The lowest BCUT2D eigenvalue weighted by Crippen LogP contribution is -2.41. The molecule has 1 aliphatic rings. The first-order valence-electron chi connectivity index (χ1n) is 8.29. The first kappa shape index (κ1) is 18.0. The Morgan fingerprint density at radius 2 is 2.11 bits per heavy atom. The summed E-state index contributed by atoms with van der Waals surface area (Å²) < 4.78 is 0.735. The molecule has 0 bridgehead atoms. The number of nitrogens with zero attached hydrogens (tertiary/aromatic N) is 2. The lowest BCUT2D eigenvalue weighted by atomic mass is 9.88. The van der Waals surface area contributed by atoms with Gasteiger partial charge in [-0.25, -0.2) is 0 Å². The van der Waals surface area contributed by atoms with Crippen molar-refractivity contribution >= 4 is 44.6 Å². The fourth-order valence-electron chi connectivity index (χ4n) is 3.27. The van der Waals surface area contributed by atoms with E-state index in [0.717, 1.165) is 9.35 Å². The molecular formula is C20H15BrN2O3S. The molecule has 1 aromatic carbocycles. The van der Waals surface area contributed by atoms with Crippen LogP contribution in [0, 0.1) is 0 Å². The largest absolute Gasteiger partial charge is 0.375 e. The number of aromatic nitrogens is 1. The highest BCUT2D eigenvalue weighted by Gasteiger charge is 2.51. The van der Waals surface area contributed by atoms with Gasteiger partial charge >= 0.3 is 0 Å². The maximum Gasteiger partial charge on any atom is 0.264 e. The van der Waals surface area contributed by atoms with E-state index in [2.05, 4.69) is 20.9 Å². The van der Waals surface area contributed by atoms with Crippen molar-refractivity contribution in [2.24, 2.45) is 0 Å². The van der Waals surface area contributed by atoms with Crippen LogP contribution in [0.4, 0.5) is 5.69 Å². The molecule has 0 saturated carbocycles. The minimum Gasteiger partial charge on any atom is -0.375 e. The van der Waals surface area contributed by atoms with Crippen molar-refractivity contribution in [1.29, 1.82) is 0 Å². The summed E-state index contributed by atoms with van der Waals surface area (Å²) in [6.45, 7) is 0.356. The van der Waals surface area contributed by atoms with Gasteiger partial charge in [-0.05, 0) is 41.8 Å². The van der Waals surface area contributed by atoms with Gasteiger partial charge in [0.25, 0.3) is 5.91 Å². The molecule has 2 aromatic heterocycles. The molecule has 0 fully saturated rings. The van der Waals surface area contributed by atoms with Crippen molar-refractivity contribution in [1.82, 2.24) is 4.98 Å². The topological polar surface area (TPSA) is 70.5 Å². The zero-order valence-electron chi connectivity index (χ0n) is 14.1. The van der Waals surface area contributed by atoms with Gasteiger partial charge in [-0.1, -0.05) is 22.0 Å². The monoisotopic (exact) mass is 442 g/mol. The number of carbonyl (C=O) groups is 2. The van der Waals surface area contributed by atoms with Gasteiger partial charge in [0.1, 0.15) is 0 Å². The first-order valence-corrected chi connectivity index (χ1v) is 9.96. The number of rotatable bonds is 5. The van der Waals surface area contributed by atoms with Gasteiger partial charge in [-0.15, -0.1) is 11.3 Å². The van der Waals surface area contributed by atoms with E-state index >= 15 is 0 Å². The molecule has 136 valence electrons. The highest BCUT2D eigenvalue weighted by Crippen LogP contribution is 2.45. The summed E-state index contributed by atoms with van der Waals surface area (Å²) in [6, 6.07) is 12.5. The minimum atomic E-state index is -1.90. The van der Waals surface area contributed by atoms with Gasteiger partial charge in [0.15, 0.2) is 11.4 Å². The Hall–Kier alpha value is -2.35. The zero-order valence-corrected chi connectivity index (χ0v) is 16.5. The number of thiophene rings is 1. The van der Waals surface area contributed by atoms with Gasteiger partial charge in [0, 0.05) is 32.9 Å². The summed E-state index contributed by atoms with van der Waals surface area (Å²) in [7, 11) is 0. The molecule has 3 aromatic rings. The third kappa shape index (κ3) is 3.22. The van der Waals surface area contributed by atoms with Crippen molar-refractivity contribution in [3.63, 3.8) is 0 Å². The molecule has 0 spiro atoms. The van der Waals surface area contributed by atoms with Crippen LogP contribution in [0.5, 0.6) is 0 Å². The number of hydrogen-bond donors (Lipinski definition) is 1. The van der Waals surface area contributed by atoms with Crippen LogP contribution < -0.4 is 4.90 Å². The molecule has 0 unspecified atom stereocenters. The molecule has 1 atom stereocenters. The number of halogens is 1. The second kappa shape index (κ2) is 6.99. The molecule has 4 rings (SSSR count). The Bertz CT molecular complexity index is 1010. The number of pyridine rings is 1. The molecule has 0 radical (unpaired) electrons. The third-order valence-electron chi connectivity index (χ3n) is 4.59. The van der Waals surface area contributed by atoms with Crippen LogP contribution >= 0.6 is 27.3 Å². The molecular weight excluding hydrogens is 428 g/mol. The van der Waals surface area contributed by atoms with E-state index in [1.165, 1.54) is 6.20 Å². The number of fused-ring (bicyclic) bond motifs is 1. The fourth-order valence-corrected chi connectivity index (χ4v) is 4.32. The van der Waals surface area contributed by atoms with Crippen molar-refractivity contribution in [2.45, 2.75) is 18.6 Å². The summed E-state index contributed by atoms with van der Waals surface area (Å²) in [5.41, 5.74) is -0.468. The standard InChI is InChI=1S/C20H15BrN2O3S/c21-14-5-6-17-16(9-14)20(26,10-18(24)13-3-1-7-22-11-13)19(25)23(17)12-15-4-2-8-27-15/h1-9,11,26H,10,12H2/t20-/m0/s1. The summed E-state index contributed by atoms with van der Waals surface area (Å²) in [5.74, 6) is -0.816. The van der Waals surface area contributed by atoms with E-state index in [0.29, 0.717) is 23.4 Å². The molecule has 7 heteroatoms. The second-order valence-corrected chi connectivity index (χ2v) is 8.28. The van der Waals surface area contributed by atoms with E-state index in [1.54, 1.807) is 46.7 Å². The Balaban J connectivity index is 1.73. The van der Waals surface area contributed by atoms with Crippen LogP contribution in [0.1, 0.15) is 27.2 Å². The minimum absolute atomic E-state index is 0.331.